The fraction of sp³-hybridized carbons (Fsp3) is 0.235. The van der Waals surface area contributed by atoms with E-state index in [0.29, 0.717) is 5.69 Å². The van der Waals surface area contributed by atoms with Gasteiger partial charge >= 0.3 is 6.09 Å². The zero-order chi connectivity index (χ0) is 16.6. The number of carbonyl (C=O) groups is 1. The average Bonchev–Trinajstić information content (AvgIpc) is 2.85. The summed E-state index contributed by atoms with van der Waals surface area (Å²) in [7, 11) is 1.33. The number of aryl methyl sites for hydroxylation is 3. The zero-order valence-electron chi connectivity index (χ0n) is 13.5. The number of anilines is 1. The number of nitrogens with one attached hydrogen (secondary N) is 2. The van der Waals surface area contributed by atoms with Gasteiger partial charge in [0.25, 0.3) is 0 Å². The third-order valence-corrected chi connectivity index (χ3v) is 3.83. The Labute approximate surface area is 133 Å². The van der Waals surface area contributed by atoms with Crippen molar-refractivity contribution in [2.24, 2.45) is 0 Å². The van der Waals surface area contributed by atoms with Gasteiger partial charge in [0, 0.05) is 22.3 Å². The number of carbonyl (C=O) groups excluding carboxylic acids is 1. The Morgan fingerprint density at radius 1 is 1.22 bits per heavy atom. The number of ether oxygens (including phenoxy) is 1. The van der Waals surface area contributed by atoms with Gasteiger partial charge in [0.2, 0.25) is 0 Å². The lowest BCUT2D eigenvalue weighted by atomic mass is 10.0. The number of fused-ring (bicyclic) bond motifs is 1. The fourth-order valence-corrected chi connectivity index (χ4v) is 2.71. The summed E-state index contributed by atoms with van der Waals surface area (Å²) in [4.78, 5) is 16.1. The second-order valence-electron chi connectivity index (χ2n) is 5.48. The Morgan fingerprint density at radius 3 is 2.65 bits per heavy atom. The molecular weight excluding hydrogens is 292 g/mol. The third-order valence-electron chi connectivity index (χ3n) is 3.83. The third kappa shape index (κ3) is 2.75. The Morgan fingerprint density at radius 2 is 2.00 bits per heavy atom. The fourth-order valence-electron chi connectivity index (χ4n) is 2.71. The maximum absolute atomic E-state index is 11.4. The average molecular weight is 310 g/mol. The lowest BCUT2D eigenvalue weighted by Gasteiger charge is -2.09. The van der Waals surface area contributed by atoms with E-state index in [1.165, 1.54) is 7.11 Å². The van der Waals surface area contributed by atoms with E-state index in [4.69, 9.17) is 4.98 Å². The summed E-state index contributed by atoms with van der Waals surface area (Å²) in [5.74, 6) is 0. The van der Waals surface area contributed by atoms with Crippen molar-refractivity contribution < 1.29 is 9.53 Å². The Balaban J connectivity index is 2.13. The van der Waals surface area contributed by atoms with Crippen LogP contribution < -0.4 is 5.32 Å². The highest BCUT2D eigenvalue weighted by Gasteiger charge is 2.13. The standard InChI is InChI=1S/C17H18N4O2/c1-9-7-15(16-10(2)20-21-11(16)3)19-14-8-12(5-6-13(9)14)18-17(22)23-4/h5-8H,1-4H3,(H,18,22)(H,20,21). The highest BCUT2D eigenvalue weighted by molar-refractivity contribution is 5.92. The first-order valence-corrected chi connectivity index (χ1v) is 7.28. The molecule has 0 fully saturated rings. The Bertz CT molecular complexity index is 879. The van der Waals surface area contributed by atoms with Crippen LogP contribution in [0.2, 0.25) is 0 Å². The van der Waals surface area contributed by atoms with Gasteiger partial charge in [-0.25, -0.2) is 9.78 Å². The minimum Gasteiger partial charge on any atom is -0.453 e. The van der Waals surface area contributed by atoms with Crippen molar-refractivity contribution in [1.82, 2.24) is 15.2 Å². The number of rotatable bonds is 2. The molecule has 0 spiro atoms. The van der Waals surface area contributed by atoms with Crippen LogP contribution in [0.3, 0.4) is 0 Å². The van der Waals surface area contributed by atoms with E-state index in [9.17, 15) is 4.79 Å². The number of benzene rings is 1. The number of aromatic nitrogens is 3. The maximum atomic E-state index is 11.4. The molecule has 0 saturated carbocycles. The van der Waals surface area contributed by atoms with Gasteiger partial charge in [-0.2, -0.15) is 5.10 Å². The molecule has 6 heteroatoms. The molecule has 0 radical (unpaired) electrons. The summed E-state index contributed by atoms with van der Waals surface area (Å²) in [6.45, 7) is 5.98. The summed E-state index contributed by atoms with van der Waals surface area (Å²) in [5.41, 5.74) is 6.36. The number of methoxy groups -OCH3 is 1. The van der Waals surface area contributed by atoms with E-state index in [0.717, 1.165) is 39.1 Å². The molecule has 0 unspecified atom stereocenters. The number of hydrogen-bond acceptors (Lipinski definition) is 4. The van der Waals surface area contributed by atoms with Gasteiger partial charge in [-0.1, -0.05) is 6.07 Å². The van der Waals surface area contributed by atoms with Crippen LogP contribution in [-0.4, -0.2) is 28.4 Å². The molecule has 118 valence electrons. The van der Waals surface area contributed by atoms with Crippen molar-refractivity contribution in [3.8, 4) is 11.3 Å². The van der Waals surface area contributed by atoms with E-state index in [-0.39, 0.29) is 0 Å². The van der Waals surface area contributed by atoms with Crippen LogP contribution >= 0.6 is 0 Å². The topological polar surface area (TPSA) is 79.9 Å². The molecule has 2 aromatic heterocycles. The first-order valence-electron chi connectivity index (χ1n) is 7.28. The Hall–Kier alpha value is -2.89. The van der Waals surface area contributed by atoms with Crippen LogP contribution in [0.25, 0.3) is 22.2 Å². The van der Waals surface area contributed by atoms with E-state index in [1.807, 2.05) is 39.0 Å². The van der Waals surface area contributed by atoms with E-state index < -0.39 is 6.09 Å². The summed E-state index contributed by atoms with van der Waals surface area (Å²) in [5, 5.41) is 10.9. The van der Waals surface area contributed by atoms with Crippen molar-refractivity contribution in [1.29, 1.82) is 0 Å². The van der Waals surface area contributed by atoms with Crippen LogP contribution in [-0.2, 0) is 4.74 Å². The molecule has 3 aromatic rings. The van der Waals surface area contributed by atoms with Crippen molar-refractivity contribution >= 4 is 22.7 Å². The molecule has 0 aliphatic heterocycles. The van der Waals surface area contributed by atoms with E-state index >= 15 is 0 Å². The molecule has 1 aromatic carbocycles. The number of H-pyrrole nitrogens is 1. The quantitative estimate of drug-likeness (QED) is 0.756. The number of aromatic amines is 1. The van der Waals surface area contributed by atoms with Crippen LogP contribution in [0.15, 0.2) is 24.3 Å². The smallest absolute Gasteiger partial charge is 0.411 e. The molecular formula is C17H18N4O2. The summed E-state index contributed by atoms with van der Waals surface area (Å²) >= 11 is 0. The van der Waals surface area contributed by atoms with E-state index in [1.54, 1.807) is 0 Å². The number of pyridine rings is 1. The molecule has 2 N–H and O–H groups in total. The highest BCUT2D eigenvalue weighted by Crippen LogP contribution is 2.29. The predicted octanol–water partition coefficient (Wildman–Crippen LogP) is 3.73. The largest absolute Gasteiger partial charge is 0.453 e. The molecule has 1 amide bonds. The number of hydrogen-bond donors (Lipinski definition) is 2. The molecule has 0 saturated heterocycles. The van der Waals surface area contributed by atoms with Crippen molar-refractivity contribution in [3.63, 3.8) is 0 Å². The molecule has 2 heterocycles. The molecule has 23 heavy (non-hydrogen) atoms. The molecule has 6 nitrogen and oxygen atoms in total. The van der Waals surface area contributed by atoms with Crippen molar-refractivity contribution in [2.75, 3.05) is 12.4 Å². The van der Waals surface area contributed by atoms with Crippen LogP contribution in [0.5, 0.6) is 0 Å². The zero-order valence-corrected chi connectivity index (χ0v) is 13.5. The van der Waals surface area contributed by atoms with Crippen LogP contribution in [0.1, 0.15) is 17.0 Å². The van der Waals surface area contributed by atoms with Gasteiger partial charge in [-0.15, -0.1) is 0 Å². The molecule has 0 aliphatic rings. The van der Waals surface area contributed by atoms with Gasteiger partial charge in [0.15, 0.2) is 0 Å². The molecule has 3 rings (SSSR count). The number of amides is 1. The summed E-state index contributed by atoms with van der Waals surface area (Å²) in [6, 6.07) is 7.68. The first kappa shape index (κ1) is 15.0. The summed E-state index contributed by atoms with van der Waals surface area (Å²) < 4.78 is 4.62. The van der Waals surface area contributed by atoms with Crippen LogP contribution in [0.4, 0.5) is 10.5 Å². The molecule has 0 aliphatic carbocycles. The Kier molecular flexibility index (Phi) is 3.73. The van der Waals surface area contributed by atoms with E-state index in [2.05, 4.69) is 26.3 Å². The monoisotopic (exact) mass is 310 g/mol. The van der Waals surface area contributed by atoms with Gasteiger partial charge in [-0.05, 0) is 44.5 Å². The second-order valence-corrected chi connectivity index (χ2v) is 5.48. The van der Waals surface area contributed by atoms with Gasteiger partial charge in [-0.3, -0.25) is 10.4 Å². The van der Waals surface area contributed by atoms with Gasteiger partial charge in [0.1, 0.15) is 0 Å². The van der Waals surface area contributed by atoms with Crippen LogP contribution in [0, 0.1) is 20.8 Å². The highest BCUT2D eigenvalue weighted by atomic mass is 16.5. The number of nitrogens with zero attached hydrogens (tertiary/aromatic N) is 2. The lowest BCUT2D eigenvalue weighted by Crippen LogP contribution is -2.10. The minimum absolute atomic E-state index is 0.501. The second kappa shape index (κ2) is 5.72. The maximum Gasteiger partial charge on any atom is 0.411 e. The predicted molar refractivity (Wildman–Crippen MR) is 89.6 cm³/mol. The molecule has 0 bridgehead atoms. The van der Waals surface area contributed by atoms with Crippen molar-refractivity contribution in [3.05, 3.63) is 41.2 Å². The van der Waals surface area contributed by atoms with Crippen molar-refractivity contribution in [2.45, 2.75) is 20.8 Å². The normalized spacial score (nSPS) is 10.8. The SMILES string of the molecule is COC(=O)Nc1ccc2c(C)cc(-c3c(C)n[nH]c3C)nc2c1. The lowest BCUT2D eigenvalue weighted by molar-refractivity contribution is 0.187. The van der Waals surface area contributed by atoms with Gasteiger partial charge < -0.3 is 4.74 Å². The minimum atomic E-state index is -0.501. The molecule has 0 atom stereocenters. The first-order chi connectivity index (χ1) is 11.0. The summed E-state index contributed by atoms with van der Waals surface area (Å²) in [6.07, 6.45) is -0.501. The van der Waals surface area contributed by atoms with Gasteiger partial charge in [0.05, 0.1) is 24.0 Å².